The Morgan fingerprint density at radius 2 is 2.05 bits per heavy atom. The van der Waals surface area contributed by atoms with Gasteiger partial charge in [-0.15, -0.1) is 11.3 Å². The van der Waals surface area contributed by atoms with Gasteiger partial charge in [0.25, 0.3) is 5.91 Å². The first-order valence-corrected chi connectivity index (χ1v) is 7.47. The number of carbonyl (C=O) groups is 1. The molecular weight excluding hydrogens is 278 g/mol. The number of amides is 1. The predicted octanol–water partition coefficient (Wildman–Crippen LogP) is 5.17. The normalized spacial score (nSPS) is 12.2. The van der Waals surface area contributed by atoms with E-state index in [0.29, 0.717) is 15.1 Å². The summed E-state index contributed by atoms with van der Waals surface area (Å²) in [6.07, 6.45) is 1.04. The Hall–Kier alpha value is -1.32. The molecule has 1 N–H and O–H groups in total. The number of hydrogen-bond donors (Lipinski definition) is 1. The fraction of sp³-hybridized carbons (Fsp3) is 0.267. The minimum absolute atomic E-state index is 0.104. The molecule has 19 heavy (non-hydrogen) atoms. The van der Waals surface area contributed by atoms with Crippen LogP contribution in [0.15, 0.2) is 36.4 Å². The molecule has 0 saturated carbocycles. The van der Waals surface area contributed by atoms with Crippen LogP contribution in [-0.2, 0) is 0 Å². The Bertz CT molecular complexity index is 579. The maximum Gasteiger partial charge on any atom is 0.265 e. The number of benzene rings is 1. The van der Waals surface area contributed by atoms with Crippen molar-refractivity contribution in [3.63, 3.8) is 0 Å². The van der Waals surface area contributed by atoms with Crippen LogP contribution in [0.3, 0.4) is 0 Å². The van der Waals surface area contributed by atoms with Crippen LogP contribution in [0.5, 0.6) is 0 Å². The largest absolute Gasteiger partial charge is 0.321 e. The number of para-hydroxylation sites is 1. The average molecular weight is 294 g/mol. The molecular formula is C15H16ClNOS. The van der Waals surface area contributed by atoms with E-state index in [4.69, 9.17) is 11.6 Å². The minimum Gasteiger partial charge on any atom is -0.321 e. The van der Waals surface area contributed by atoms with Crippen molar-refractivity contribution in [1.82, 2.24) is 0 Å². The molecule has 0 fully saturated rings. The minimum atomic E-state index is -0.104. The summed E-state index contributed by atoms with van der Waals surface area (Å²) < 4.78 is 0.625. The van der Waals surface area contributed by atoms with E-state index < -0.39 is 0 Å². The first kappa shape index (κ1) is 14.1. The van der Waals surface area contributed by atoms with E-state index in [2.05, 4.69) is 25.2 Å². The molecule has 1 aromatic heterocycles. The fourth-order valence-electron chi connectivity index (χ4n) is 1.88. The lowest BCUT2D eigenvalue weighted by atomic mass is 9.97. The Morgan fingerprint density at radius 1 is 1.32 bits per heavy atom. The Kier molecular flexibility index (Phi) is 4.61. The highest BCUT2D eigenvalue weighted by atomic mass is 35.5. The number of halogens is 1. The van der Waals surface area contributed by atoms with Crippen LogP contribution in [0.1, 0.15) is 41.4 Å². The van der Waals surface area contributed by atoms with E-state index in [1.165, 1.54) is 16.9 Å². The van der Waals surface area contributed by atoms with Crippen molar-refractivity contribution in [3.8, 4) is 0 Å². The molecule has 0 spiro atoms. The van der Waals surface area contributed by atoms with Gasteiger partial charge in [-0.05, 0) is 36.1 Å². The molecule has 4 heteroatoms. The molecule has 0 radical (unpaired) electrons. The van der Waals surface area contributed by atoms with Crippen molar-refractivity contribution in [3.05, 3.63) is 51.2 Å². The van der Waals surface area contributed by atoms with Crippen molar-refractivity contribution < 1.29 is 4.79 Å². The lowest BCUT2D eigenvalue weighted by Gasteiger charge is -2.15. The molecule has 1 heterocycles. The van der Waals surface area contributed by atoms with Crippen LogP contribution in [0.25, 0.3) is 0 Å². The quantitative estimate of drug-likeness (QED) is 0.828. The van der Waals surface area contributed by atoms with Gasteiger partial charge in [-0.1, -0.05) is 43.6 Å². The molecule has 100 valence electrons. The molecule has 2 nitrogen and oxygen atoms in total. The molecule has 0 aliphatic carbocycles. The first-order valence-electron chi connectivity index (χ1n) is 6.27. The molecule has 2 rings (SSSR count). The van der Waals surface area contributed by atoms with Gasteiger partial charge in [-0.3, -0.25) is 4.79 Å². The van der Waals surface area contributed by atoms with E-state index in [-0.39, 0.29) is 5.91 Å². The van der Waals surface area contributed by atoms with Crippen molar-refractivity contribution in [2.24, 2.45) is 0 Å². The van der Waals surface area contributed by atoms with Gasteiger partial charge in [0, 0.05) is 5.69 Å². The van der Waals surface area contributed by atoms with Gasteiger partial charge < -0.3 is 5.32 Å². The van der Waals surface area contributed by atoms with Crippen LogP contribution >= 0.6 is 22.9 Å². The SMILES string of the molecule is CCC(C)c1ccccc1NC(=O)c1ccc(Cl)s1. The molecule has 1 aromatic carbocycles. The third-order valence-electron chi connectivity index (χ3n) is 3.15. The molecule has 0 bridgehead atoms. The Balaban J connectivity index is 2.21. The summed E-state index contributed by atoms with van der Waals surface area (Å²) in [5.74, 6) is 0.316. The zero-order valence-electron chi connectivity index (χ0n) is 10.9. The Morgan fingerprint density at radius 3 is 2.68 bits per heavy atom. The van der Waals surface area contributed by atoms with Crippen molar-refractivity contribution >= 4 is 34.5 Å². The smallest absolute Gasteiger partial charge is 0.265 e. The van der Waals surface area contributed by atoms with Crippen LogP contribution in [-0.4, -0.2) is 5.91 Å². The summed E-state index contributed by atoms with van der Waals surface area (Å²) >= 11 is 7.14. The second-order valence-electron chi connectivity index (χ2n) is 4.45. The molecule has 1 atom stereocenters. The number of nitrogens with one attached hydrogen (secondary N) is 1. The third kappa shape index (κ3) is 3.37. The molecule has 2 aromatic rings. The highest BCUT2D eigenvalue weighted by Crippen LogP contribution is 2.28. The average Bonchev–Trinajstić information content (AvgIpc) is 2.85. The number of carbonyl (C=O) groups excluding carboxylic acids is 1. The van der Waals surface area contributed by atoms with Gasteiger partial charge in [0.2, 0.25) is 0 Å². The van der Waals surface area contributed by atoms with E-state index in [1.807, 2.05) is 18.2 Å². The van der Waals surface area contributed by atoms with E-state index in [1.54, 1.807) is 12.1 Å². The van der Waals surface area contributed by atoms with Crippen LogP contribution in [0.4, 0.5) is 5.69 Å². The Labute approximate surface area is 122 Å². The summed E-state index contributed by atoms with van der Waals surface area (Å²) in [7, 11) is 0. The zero-order valence-corrected chi connectivity index (χ0v) is 12.5. The van der Waals surface area contributed by atoms with Crippen LogP contribution < -0.4 is 5.32 Å². The number of thiophene rings is 1. The van der Waals surface area contributed by atoms with Gasteiger partial charge in [0.15, 0.2) is 0 Å². The van der Waals surface area contributed by atoms with Gasteiger partial charge in [-0.2, -0.15) is 0 Å². The number of rotatable bonds is 4. The summed E-state index contributed by atoms with van der Waals surface area (Å²) in [5.41, 5.74) is 2.05. The van der Waals surface area contributed by atoms with E-state index >= 15 is 0 Å². The second kappa shape index (κ2) is 6.22. The van der Waals surface area contributed by atoms with Crippen LogP contribution in [0, 0.1) is 0 Å². The highest BCUT2D eigenvalue weighted by Gasteiger charge is 2.13. The summed E-state index contributed by atoms with van der Waals surface area (Å²) in [4.78, 5) is 12.8. The third-order valence-corrected chi connectivity index (χ3v) is 4.38. The monoisotopic (exact) mass is 293 g/mol. The van der Waals surface area contributed by atoms with Crippen molar-refractivity contribution in [2.45, 2.75) is 26.2 Å². The summed E-state index contributed by atoms with van der Waals surface area (Å²) in [6.45, 7) is 4.30. The van der Waals surface area contributed by atoms with Gasteiger partial charge >= 0.3 is 0 Å². The van der Waals surface area contributed by atoms with Gasteiger partial charge in [0.1, 0.15) is 0 Å². The summed E-state index contributed by atoms with van der Waals surface area (Å²) in [5, 5.41) is 2.97. The second-order valence-corrected chi connectivity index (χ2v) is 6.17. The summed E-state index contributed by atoms with van der Waals surface area (Å²) in [6, 6.07) is 11.4. The molecule has 0 aliphatic heterocycles. The molecule has 1 unspecified atom stereocenters. The predicted molar refractivity (Wildman–Crippen MR) is 82.4 cm³/mol. The van der Waals surface area contributed by atoms with E-state index in [0.717, 1.165) is 12.1 Å². The van der Waals surface area contributed by atoms with Crippen LogP contribution in [0.2, 0.25) is 4.34 Å². The van der Waals surface area contributed by atoms with E-state index in [9.17, 15) is 4.79 Å². The maximum atomic E-state index is 12.1. The number of anilines is 1. The van der Waals surface area contributed by atoms with Gasteiger partial charge in [-0.25, -0.2) is 0 Å². The molecule has 0 aliphatic rings. The fourth-order valence-corrected chi connectivity index (χ4v) is 2.82. The topological polar surface area (TPSA) is 29.1 Å². The highest BCUT2D eigenvalue weighted by molar-refractivity contribution is 7.18. The molecule has 1 amide bonds. The number of hydrogen-bond acceptors (Lipinski definition) is 2. The standard InChI is InChI=1S/C15H16ClNOS/c1-3-10(2)11-6-4-5-7-12(11)17-15(18)13-8-9-14(16)19-13/h4-10H,3H2,1-2H3,(H,17,18). The van der Waals surface area contributed by atoms with Crippen molar-refractivity contribution in [1.29, 1.82) is 0 Å². The van der Waals surface area contributed by atoms with Crippen molar-refractivity contribution in [2.75, 3.05) is 5.32 Å². The lowest BCUT2D eigenvalue weighted by molar-refractivity contribution is 0.103. The molecule has 0 saturated heterocycles. The lowest BCUT2D eigenvalue weighted by Crippen LogP contribution is -2.12. The zero-order chi connectivity index (χ0) is 13.8. The maximum absolute atomic E-state index is 12.1. The van der Waals surface area contributed by atoms with Gasteiger partial charge in [0.05, 0.1) is 9.21 Å². The first-order chi connectivity index (χ1) is 9.11.